The summed E-state index contributed by atoms with van der Waals surface area (Å²) in [5, 5.41) is 6.82. The first-order valence-electron chi connectivity index (χ1n) is 8.77. The van der Waals surface area contributed by atoms with Crippen molar-refractivity contribution in [3.63, 3.8) is 0 Å². The standard InChI is InChI=1S/C20H18N4O2S/c1-12-19(15-10-21-16-5-3-2-4-14(15)16)23-24-20(27-12)22-9-13-6-7-17-18(8-13)26-11-25-17/h2-8,10,12,21H,9,11H2,1H3,(H,22,24)/t12-/m1/s1. The number of aromatic amines is 1. The van der Waals surface area contributed by atoms with Crippen LogP contribution in [0.15, 0.2) is 58.8 Å². The van der Waals surface area contributed by atoms with Crippen LogP contribution in [0.5, 0.6) is 11.5 Å². The quantitative estimate of drug-likeness (QED) is 0.726. The first-order valence-corrected chi connectivity index (χ1v) is 9.65. The number of thioether (sulfide) groups is 1. The van der Waals surface area contributed by atoms with Crippen LogP contribution in [0.4, 0.5) is 0 Å². The monoisotopic (exact) mass is 378 g/mol. The highest BCUT2D eigenvalue weighted by Crippen LogP contribution is 2.33. The fourth-order valence-electron chi connectivity index (χ4n) is 3.29. The molecule has 3 heterocycles. The number of aromatic nitrogens is 1. The number of hydrogen-bond donors (Lipinski definition) is 2. The van der Waals surface area contributed by atoms with Gasteiger partial charge < -0.3 is 14.5 Å². The number of nitrogens with zero attached hydrogens (tertiary/aromatic N) is 2. The molecule has 1 aromatic heterocycles. The van der Waals surface area contributed by atoms with E-state index < -0.39 is 0 Å². The van der Waals surface area contributed by atoms with Gasteiger partial charge >= 0.3 is 0 Å². The van der Waals surface area contributed by atoms with Crippen molar-refractivity contribution in [2.45, 2.75) is 18.7 Å². The Kier molecular flexibility index (Phi) is 4.01. The maximum Gasteiger partial charge on any atom is 0.231 e. The second-order valence-electron chi connectivity index (χ2n) is 6.43. The lowest BCUT2D eigenvalue weighted by atomic mass is 10.1. The zero-order chi connectivity index (χ0) is 18.2. The van der Waals surface area contributed by atoms with E-state index in [0.29, 0.717) is 6.54 Å². The summed E-state index contributed by atoms with van der Waals surface area (Å²) in [5.74, 6) is 1.57. The predicted octanol–water partition coefficient (Wildman–Crippen LogP) is 3.88. The molecule has 0 bridgehead atoms. The van der Waals surface area contributed by atoms with E-state index in [2.05, 4.69) is 39.6 Å². The Morgan fingerprint density at radius 2 is 2.07 bits per heavy atom. The summed E-state index contributed by atoms with van der Waals surface area (Å²) < 4.78 is 10.8. The summed E-state index contributed by atoms with van der Waals surface area (Å²) in [6.07, 6.45) is 2.02. The SMILES string of the molecule is C[C@H]1SC(=NCc2ccc3c(c2)OCO3)NN=C1c1c[nH]c2ccccc12. The normalized spacial score (nSPS) is 20.0. The largest absolute Gasteiger partial charge is 0.454 e. The van der Waals surface area contributed by atoms with Gasteiger partial charge in [0.25, 0.3) is 0 Å². The van der Waals surface area contributed by atoms with E-state index in [1.165, 1.54) is 5.39 Å². The van der Waals surface area contributed by atoms with Gasteiger partial charge in [0.15, 0.2) is 16.7 Å². The average Bonchev–Trinajstić information content (AvgIpc) is 3.33. The number of hydrogen-bond acceptors (Lipinski definition) is 5. The number of ether oxygens (including phenoxy) is 2. The molecule has 2 aromatic carbocycles. The zero-order valence-corrected chi connectivity index (χ0v) is 15.5. The number of para-hydroxylation sites is 1. The lowest BCUT2D eigenvalue weighted by Gasteiger charge is -2.20. The number of benzene rings is 2. The molecule has 0 radical (unpaired) electrons. The minimum absolute atomic E-state index is 0.209. The van der Waals surface area contributed by atoms with Crippen LogP contribution in [0.25, 0.3) is 10.9 Å². The summed E-state index contributed by atoms with van der Waals surface area (Å²) in [4.78, 5) is 7.98. The van der Waals surface area contributed by atoms with Crippen LogP contribution < -0.4 is 14.9 Å². The molecule has 5 rings (SSSR count). The second kappa shape index (κ2) is 6.66. The predicted molar refractivity (Wildman–Crippen MR) is 109 cm³/mol. The molecule has 0 spiro atoms. The van der Waals surface area contributed by atoms with Gasteiger partial charge in [-0.05, 0) is 30.7 Å². The van der Waals surface area contributed by atoms with E-state index in [4.69, 9.17) is 9.47 Å². The fourth-order valence-corrected chi connectivity index (χ4v) is 4.15. The van der Waals surface area contributed by atoms with Crippen molar-refractivity contribution < 1.29 is 9.47 Å². The molecular formula is C20H18N4O2S. The Balaban J connectivity index is 1.35. The van der Waals surface area contributed by atoms with Gasteiger partial charge in [-0.2, -0.15) is 5.10 Å². The maximum absolute atomic E-state index is 5.42. The Bertz CT molecular complexity index is 1070. The van der Waals surface area contributed by atoms with Gasteiger partial charge in [-0.1, -0.05) is 36.0 Å². The van der Waals surface area contributed by atoms with Crippen LogP contribution in [0.1, 0.15) is 18.1 Å². The topological polar surface area (TPSA) is 71.0 Å². The number of hydrazone groups is 1. The van der Waals surface area contributed by atoms with Crippen molar-refractivity contribution in [1.82, 2.24) is 10.4 Å². The summed E-state index contributed by atoms with van der Waals surface area (Å²) in [6, 6.07) is 14.2. The first-order chi connectivity index (χ1) is 13.3. The number of amidine groups is 1. The number of H-pyrrole nitrogens is 1. The minimum Gasteiger partial charge on any atom is -0.454 e. The number of fused-ring (bicyclic) bond motifs is 2. The maximum atomic E-state index is 5.42. The van der Waals surface area contributed by atoms with Gasteiger partial charge in [0.05, 0.1) is 17.5 Å². The zero-order valence-electron chi connectivity index (χ0n) is 14.7. The van der Waals surface area contributed by atoms with E-state index in [-0.39, 0.29) is 12.0 Å². The summed E-state index contributed by atoms with van der Waals surface area (Å²) in [6.45, 7) is 3.01. The van der Waals surface area contributed by atoms with Crippen LogP contribution in [-0.2, 0) is 6.54 Å². The van der Waals surface area contributed by atoms with E-state index in [1.807, 2.05) is 36.5 Å². The molecule has 6 nitrogen and oxygen atoms in total. The Labute approximate surface area is 160 Å². The van der Waals surface area contributed by atoms with Crippen molar-refractivity contribution >= 4 is 33.5 Å². The molecule has 136 valence electrons. The highest BCUT2D eigenvalue weighted by Gasteiger charge is 2.23. The van der Waals surface area contributed by atoms with Gasteiger partial charge in [0.2, 0.25) is 6.79 Å². The summed E-state index contributed by atoms with van der Waals surface area (Å²) in [7, 11) is 0. The van der Waals surface area contributed by atoms with E-state index in [1.54, 1.807) is 11.8 Å². The molecule has 2 aliphatic rings. The van der Waals surface area contributed by atoms with E-state index >= 15 is 0 Å². The van der Waals surface area contributed by atoms with Crippen molar-refractivity contribution in [2.24, 2.45) is 10.1 Å². The molecule has 0 fully saturated rings. The Morgan fingerprint density at radius 3 is 3.00 bits per heavy atom. The molecule has 27 heavy (non-hydrogen) atoms. The molecule has 0 aliphatic carbocycles. The minimum atomic E-state index is 0.209. The summed E-state index contributed by atoms with van der Waals surface area (Å²) in [5.41, 5.74) is 7.46. The highest BCUT2D eigenvalue weighted by atomic mass is 32.2. The van der Waals surface area contributed by atoms with Crippen LogP contribution in [-0.4, -0.2) is 27.9 Å². The first kappa shape index (κ1) is 16.3. The Hall–Kier alpha value is -2.93. The van der Waals surface area contributed by atoms with Gasteiger partial charge in [-0.15, -0.1) is 0 Å². The van der Waals surface area contributed by atoms with Crippen LogP contribution in [0, 0.1) is 0 Å². The number of aliphatic imine (C=N–C) groups is 1. The molecule has 7 heteroatoms. The van der Waals surface area contributed by atoms with E-state index in [0.717, 1.165) is 39.0 Å². The molecule has 3 aromatic rings. The third-order valence-electron chi connectivity index (χ3n) is 4.65. The summed E-state index contributed by atoms with van der Waals surface area (Å²) >= 11 is 1.68. The molecule has 0 unspecified atom stereocenters. The lowest BCUT2D eigenvalue weighted by molar-refractivity contribution is 0.174. The van der Waals surface area contributed by atoms with Crippen molar-refractivity contribution in [2.75, 3.05) is 6.79 Å². The molecule has 2 aliphatic heterocycles. The smallest absolute Gasteiger partial charge is 0.231 e. The highest BCUT2D eigenvalue weighted by molar-refractivity contribution is 8.15. The molecule has 0 saturated heterocycles. The number of rotatable bonds is 3. The average molecular weight is 378 g/mol. The van der Waals surface area contributed by atoms with Crippen molar-refractivity contribution in [3.8, 4) is 11.5 Å². The van der Waals surface area contributed by atoms with E-state index in [9.17, 15) is 0 Å². The molecule has 0 amide bonds. The fraction of sp³-hybridized carbons (Fsp3) is 0.200. The second-order valence-corrected chi connectivity index (χ2v) is 7.76. The number of nitrogens with one attached hydrogen (secondary N) is 2. The van der Waals surface area contributed by atoms with Crippen molar-refractivity contribution in [1.29, 1.82) is 0 Å². The molecule has 2 N–H and O–H groups in total. The van der Waals surface area contributed by atoms with Crippen LogP contribution in [0.3, 0.4) is 0 Å². The lowest BCUT2D eigenvalue weighted by Crippen LogP contribution is -2.30. The Morgan fingerprint density at radius 1 is 1.19 bits per heavy atom. The third-order valence-corrected chi connectivity index (χ3v) is 5.67. The molecule has 0 saturated carbocycles. The third kappa shape index (κ3) is 3.04. The van der Waals surface area contributed by atoms with Gasteiger partial charge in [-0.3, -0.25) is 10.4 Å². The van der Waals surface area contributed by atoms with Crippen molar-refractivity contribution in [3.05, 3.63) is 59.8 Å². The van der Waals surface area contributed by atoms with Crippen LogP contribution in [0.2, 0.25) is 0 Å². The molecular weight excluding hydrogens is 360 g/mol. The van der Waals surface area contributed by atoms with Gasteiger partial charge in [0.1, 0.15) is 0 Å². The molecule has 1 atom stereocenters. The van der Waals surface area contributed by atoms with Crippen LogP contribution >= 0.6 is 11.8 Å². The van der Waals surface area contributed by atoms with Gasteiger partial charge in [-0.25, -0.2) is 0 Å². The van der Waals surface area contributed by atoms with Gasteiger partial charge in [0, 0.05) is 22.7 Å².